The van der Waals surface area contributed by atoms with Gasteiger partial charge in [-0.05, 0) is 24.4 Å². The SMILES string of the molecule is C[C@H](OP(=O)(O)OP(=O)(O)OP(=O)(O)O)[C@H]1O[C@@H](n2ccc(=O)[nH]c2=O)C(F)(C#CCl)C1O. The maximum Gasteiger partial charge on any atom is 0.490 e. The number of aromatic nitrogens is 2. The summed E-state index contributed by atoms with van der Waals surface area (Å²) in [5.41, 5.74) is -5.16. The van der Waals surface area contributed by atoms with Crippen molar-refractivity contribution < 1.29 is 60.6 Å². The first-order valence-corrected chi connectivity index (χ1v) is 13.1. The van der Waals surface area contributed by atoms with Gasteiger partial charge in [0.25, 0.3) is 5.56 Å². The van der Waals surface area contributed by atoms with E-state index in [1.807, 2.05) is 4.98 Å². The third-order valence-corrected chi connectivity index (χ3v) is 7.93. The Morgan fingerprint density at radius 2 is 1.85 bits per heavy atom. The second-order valence-corrected chi connectivity index (χ2v) is 10.9. The molecule has 33 heavy (non-hydrogen) atoms. The fourth-order valence-electron chi connectivity index (χ4n) is 2.73. The molecule has 0 spiro atoms. The second-order valence-electron chi connectivity index (χ2n) is 6.30. The minimum Gasteiger partial charge on any atom is -0.386 e. The Balaban J connectivity index is 2.32. The van der Waals surface area contributed by atoms with Gasteiger partial charge >= 0.3 is 29.2 Å². The predicted molar refractivity (Wildman–Crippen MR) is 103 cm³/mol. The maximum absolute atomic E-state index is 15.5. The molecule has 0 amide bonds. The number of nitrogens with zero attached hydrogens (tertiary/aromatic N) is 1. The van der Waals surface area contributed by atoms with Gasteiger partial charge in [-0.15, -0.1) is 0 Å². The van der Waals surface area contributed by atoms with Gasteiger partial charge in [-0.25, -0.2) is 22.9 Å². The number of H-pyrrole nitrogens is 1. The summed E-state index contributed by atoms with van der Waals surface area (Å²) in [7, 11) is -17.2. The van der Waals surface area contributed by atoms with Gasteiger partial charge < -0.3 is 29.4 Å². The normalized spacial score (nSPS) is 30.0. The number of aromatic amines is 1. The van der Waals surface area contributed by atoms with Crippen LogP contribution in [0.25, 0.3) is 0 Å². The number of hydrogen-bond acceptors (Lipinski definition) is 10. The fourth-order valence-corrected chi connectivity index (χ4v) is 6.08. The Morgan fingerprint density at radius 1 is 1.24 bits per heavy atom. The van der Waals surface area contributed by atoms with Crippen molar-refractivity contribution in [3.05, 3.63) is 33.1 Å². The number of aliphatic hydroxyl groups is 1. The lowest BCUT2D eigenvalue weighted by molar-refractivity contribution is -0.0781. The standard InChI is InChI=1S/C12H15ClFN2O14P3/c1-6(28-32(23,24)30-33(25,26)29-31(20,21)22)8-9(18)12(14,3-4-13)10(27-8)16-5-2-7(17)15-11(16)19/h2,5-6,8-10,18H,1H3,(H,23,24)(H,25,26)(H,15,17,19)(H2,20,21,22)/t6-,8+,9?,10+,12?/m0/s1. The van der Waals surface area contributed by atoms with Crippen LogP contribution in [0.15, 0.2) is 21.9 Å². The highest BCUT2D eigenvalue weighted by Gasteiger charge is 2.60. The van der Waals surface area contributed by atoms with Crippen LogP contribution in [0.4, 0.5) is 4.39 Å². The first-order valence-electron chi connectivity index (χ1n) is 8.20. The van der Waals surface area contributed by atoms with Crippen molar-refractivity contribution in [2.45, 2.75) is 37.1 Å². The van der Waals surface area contributed by atoms with Crippen molar-refractivity contribution in [2.75, 3.05) is 0 Å². The summed E-state index contributed by atoms with van der Waals surface area (Å²) >= 11 is 5.23. The Labute approximate surface area is 187 Å². The number of nitrogens with one attached hydrogen (secondary N) is 1. The first kappa shape index (κ1) is 28.0. The molecule has 0 bridgehead atoms. The van der Waals surface area contributed by atoms with Gasteiger partial charge in [-0.2, -0.15) is 8.62 Å². The smallest absolute Gasteiger partial charge is 0.386 e. The van der Waals surface area contributed by atoms with Crippen molar-refractivity contribution in [3.8, 4) is 11.3 Å². The summed E-state index contributed by atoms with van der Waals surface area (Å²) in [6.07, 6.45) is -7.37. The quantitative estimate of drug-likeness (QED) is 0.173. The van der Waals surface area contributed by atoms with E-state index < -0.39 is 64.9 Å². The average molecular weight is 559 g/mol. The number of phosphoric ester groups is 1. The monoisotopic (exact) mass is 558 g/mol. The van der Waals surface area contributed by atoms with Crippen LogP contribution in [-0.4, -0.2) is 58.2 Å². The van der Waals surface area contributed by atoms with E-state index >= 15 is 4.39 Å². The van der Waals surface area contributed by atoms with Crippen LogP contribution in [0.5, 0.6) is 0 Å². The van der Waals surface area contributed by atoms with E-state index in [9.17, 15) is 38.2 Å². The van der Waals surface area contributed by atoms with E-state index in [0.29, 0.717) is 4.57 Å². The lowest BCUT2D eigenvalue weighted by Gasteiger charge is -2.25. The van der Waals surface area contributed by atoms with E-state index in [1.54, 1.807) is 11.3 Å². The minimum absolute atomic E-state index is 0.489. The Bertz CT molecular complexity index is 1220. The van der Waals surface area contributed by atoms with Gasteiger partial charge in [0.15, 0.2) is 6.23 Å². The molecular formula is C12H15ClFN2O14P3. The summed E-state index contributed by atoms with van der Waals surface area (Å²) in [5, 5.41) is 12.1. The van der Waals surface area contributed by atoms with Crippen molar-refractivity contribution in [2.24, 2.45) is 0 Å². The molecule has 2 heterocycles. The highest BCUT2D eigenvalue weighted by Crippen LogP contribution is 2.66. The number of phosphoric acid groups is 3. The minimum atomic E-state index is -5.84. The van der Waals surface area contributed by atoms with Crippen LogP contribution < -0.4 is 11.2 Å². The van der Waals surface area contributed by atoms with Gasteiger partial charge in [-0.1, -0.05) is 0 Å². The molecule has 2 rings (SSSR count). The zero-order chi connectivity index (χ0) is 25.4. The van der Waals surface area contributed by atoms with Crippen LogP contribution >= 0.6 is 35.1 Å². The van der Waals surface area contributed by atoms with Crippen molar-refractivity contribution in [1.29, 1.82) is 0 Å². The molecule has 21 heteroatoms. The zero-order valence-electron chi connectivity index (χ0n) is 15.9. The van der Waals surface area contributed by atoms with Crippen molar-refractivity contribution >= 4 is 35.1 Å². The maximum atomic E-state index is 15.5. The molecule has 1 fully saturated rings. The molecule has 186 valence electrons. The molecule has 0 saturated carbocycles. The molecule has 0 radical (unpaired) electrons. The third kappa shape index (κ3) is 6.91. The molecule has 1 saturated heterocycles. The molecular weight excluding hydrogens is 544 g/mol. The predicted octanol–water partition coefficient (Wildman–Crippen LogP) is -0.565. The molecule has 6 N–H and O–H groups in total. The van der Waals surface area contributed by atoms with Crippen molar-refractivity contribution in [3.63, 3.8) is 0 Å². The zero-order valence-corrected chi connectivity index (χ0v) is 19.4. The average Bonchev–Trinajstić information content (AvgIpc) is 2.83. The van der Waals surface area contributed by atoms with E-state index in [2.05, 4.69) is 13.1 Å². The molecule has 1 aliphatic heterocycles. The summed E-state index contributed by atoms with van der Waals surface area (Å²) < 4.78 is 66.9. The molecule has 16 nitrogen and oxygen atoms in total. The van der Waals surface area contributed by atoms with Gasteiger partial charge in [0.2, 0.25) is 5.67 Å². The molecule has 1 aromatic rings. The molecule has 0 aliphatic carbocycles. The van der Waals surface area contributed by atoms with E-state index in [-0.39, 0.29) is 0 Å². The fraction of sp³-hybridized carbons (Fsp3) is 0.500. The van der Waals surface area contributed by atoms with Crippen LogP contribution in [0.2, 0.25) is 0 Å². The summed E-state index contributed by atoms with van der Waals surface area (Å²) in [5.74, 6) is 1.79. The molecule has 0 aromatic carbocycles. The Hall–Kier alpha value is -1.21. The van der Waals surface area contributed by atoms with Gasteiger partial charge in [0.1, 0.15) is 12.2 Å². The topological polar surface area (TPSA) is 244 Å². The first-order chi connectivity index (χ1) is 14.9. The number of aliphatic hydroxyl groups excluding tert-OH is 1. The third-order valence-electron chi connectivity index (χ3n) is 3.91. The number of rotatable bonds is 8. The summed E-state index contributed by atoms with van der Waals surface area (Å²) in [6, 6.07) is 0.814. The highest BCUT2D eigenvalue weighted by molar-refractivity contribution is 7.66. The van der Waals surface area contributed by atoms with Gasteiger partial charge in [-0.3, -0.25) is 18.9 Å². The molecule has 1 aromatic heterocycles. The summed E-state index contributed by atoms with van der Waals surface area (Å²) in [6.45, 7) is 0.902. The number of halogens is 2. The molecule has 4 unspecified atom stereocenters. The molecule has 1 aliphatic rings. The molecule has 7 atom stereocenters. The summed E-state index contributed by atoms with van der Waals surface area (Å²) in [4.78, 5) is 60.9. The lowest BCUT2D eigenvalue weighted by atomic mass is 9.95. The Morgan fingerprint density at radius 3 is 2.36 bits per heavy atom. The van der Waals surface area contributed by atoms with Crippen LogP contribution in [0.3, 0.4) is 0 Å². The van der Waals surface area contributed by atoms with E-state index in [4.69, 9.17) is 26.1 Å². The lowest BCUT2D eigenvalue weighted by Crippen LogP contribution is -2.46. The number of ether oxygens (including phenoxy) is 1. The highest BCUT2D eigenvalue weighted by atomic mass is 35.5. The Kier molecular flexibility index (Phi) is 8.33. The number of hydrogen-bond donors (Lipinski definition) is 6. The van der Waals surface area contributed by atoms with Crippen LogP contribution in [0.1, 0.15) is 13.2 Å². The van der Waals surface area contributed by atoms with E-state index in [1.165, 1.54) is 0 Å². The second kappa shape index (κ2) is 9.80. The van der Waals surface area contributed by atoms with E-state index in [0.717, 1.165) is 19.2 Å². The number of alkyl halides is 1. The van der Waals surface area contributed by atoms with Crippen molar-refractivity contribution in [1.82, 2.24) is 9.55 Å². The van der Waals surface area contributed by atoms with Crippen LogP contribution in [-0.2, 0) is 31.6 Å². The van der Waals surface area contributed by atoms with Crippen LogP contribution in [0, 0.1) is 11.3 Å². The largest absolute Gasteiger partial charge is 0.490 e. The van der Waals surface area contributed by atoms with Gasteiger partial charge in [0.05, 0.1) is 6.10 Å². The van der Waals surface area contributed by atoms with Gasteiger partial charge in [0, 0.05) is 17.6 Å².